The van der Waals surface area contributed by atoms with Gasteiger partial charge in [-0.05, 0) is 0 Å². The van der Waals surface area contributed by atoms with Gasteiger partial charge in [-0.25, -0.2) is 8.42 Å². The predicted molar refractivity (Wildman–Crippen MR) is 60.5 cm³/mol. The maximum absolute atomic E-state index is 11.7. The summed E-state index contributed by atoms with van der Waals surface area (Å²) in [6.45, 7) is -0.170. The van der Waals surface area contributed by atoms with Crippen LogP contribution in [0.1, 0.15) is 0 Å². The molecule has 1 aliphatic heterocycles. The van der Waals surface area contributed by atoms with E-state index < -0.39 is 45.9 Å². The minimum absolute atomic E-state index is 0.218. The number of aliphatic hydroxyl groups excluding tert-OH is 3. The van der Waals surface area contributed by atoms with Gasteiger partial charge in [-0.15, -0.1) is 0 Å². The first-order valence-corrected chi connectivity index (χ1v) is 7.19. The molecular formula is C9H17NO7S. The van der Waals surface area contributed by atoms with Crippen molar-refractivity contribution >= 4 is 16.1 Å². The maximum Gasteiger partial charge on any atom is 0.189 e. The van der Waals surface area contributed by atoms with Gasteiger partial charge in [0.15, 0.2) is 21.8 Å². The Morgan fingerprint density at radius 3 is 2.50 bits per heavy atom. The lowest BCUT2D eigenvalue weighted by atomic mass is 10.2. The molecule has 4 N–H and O–H groups in total. The fourth-order valence-corrected chi connectivity index (χ4v) is 3.39. The Hall–Kier alpha value is -0.580. The zero-order valence-electron chi connectivity index (χ0n) is 9.65. The molecule has 0 saturated carbocycles. The van der Waals surface area contributed by atoms with Gasteiger partial charge in [0.2, 0.25) is 0 Å². The van der Waals surface area contributed by atoms with Crippen molar-refractivity contribution in [1.29, 1.82) is 0 Å². The number of carbonyl (C=O) groups is 1. The van der Waals surface area contributed by atoms with Crippen LogP contribution in [0.5, 0.6) is 0 Å². The molecular weight excluding hydrogens is 266 g/mol. The van der Waals surface area contributed by atoms with Crippen LogP contribution in [0.15, 0.2) is 0 Å². The first kappa shape index (κ1) is 15.5. The summed E-state index contributed by atoms with van der Waals surface area (Å²) in [4.78, 5) is 10.9. The van der Waals surface area contributed by atoms with E-state index in [1.807, 2.05) is 0 Å². The molecule has 3 unspecified atom stereocenters. The summed E-state index contributed by atoms with van der Waals surface area (Å²) in [5.74, 6) is -1.38. The molecule has 1 aliphatic rings. The molecule has 106 valence electrons. The van der Waals surface area contributed by atoms with Crippen LogP contribution < -0.4 is 5.32 Å². The van der Waals surface area contributed by atoms with Gasteiger partial charge < -0.3 is 20.1 Å². The van der Waals surface area contributed by atoms with Crippen LogP contribution in [0.2, 0.25) is 0 Å². The second-order valence-electron chi connectivity index (χ2n) is 4.15. The maximum atomic E-state index is 11.7. The Morgan fingerprint density at radius 2 is 2.06 bits per heavy atom. The molecule has 1 saturated heterocycles. The van der Waals surface area contributed by atoms with Crippen molar-refractivity contribution in [2.75, 3.05) is 31.3 Å². The standard InChI is InChI=1S/C9H17NO7S/c11-3-7(13)8(14)4-18(15,16)6-9(5-12)10-1-2-17-9/h5,7-8,10-11,13-14H,1-4,6H2. The number of hydrogen-bond donors (Lipinski definition) is 4. The zero-order chi connectivity index (χ0) is 13.8. The average Bonchev–Trinajstić information content (AvgIpc) is 2.75. The summed E-state index contributed by atoms with van der Waals surface area (Å²) >= 11 is 0. The van der Waals surface area contributed by atoms with E-state index in [1.165, 1.54) is 0 Å². The number of rotatable bonds is 7. The quantitative estimate of drug-likeness (QED) is 0.356. The first-order valence-electron chi connectivity index (χ1n) is 5.37. The number of sulfone groups is 1. The lowest BCUT2D eigenvalue weighted by Crippen LogP contribution is -2.50. The third-order valence-electron chi connectivity index (χ3n) is 2.57. The summed E-state index contributed by atoms with van der Waals surface area (Å²) in [5, 5.41) is 29.7. The second-order valence-corrected chi connectivity index (χ2v) is 6.26. The molecule has 1 heterocycles. The smallest absolute Gasteiger partial charge is 0.189 e. The first-order chi connectivity index (χ1) is 8.34. The van der Waals surface area contributed by atoms with Crippen LogP contribution >= 0.6 is 0 Å². The summed E-state index contributed by atoms with van der Waals surface area (Å²) in [6.07, 6.45) is -2.78. The monoisotopic (exact) mass is 283 g/mol. The van der Waals surface area contributed by atoms with E-state index in [0.717, 1.165) is 0 Å². The van der Waals surface area contributed by atoms with Crippen LogP contribution in [0.25, 0.3) is 0 Å². The van der Waals surface area contributed by atoms with Crippen LogP contribution in [-0.4, -0.2) is 79.2 Å². The number of aldehydes is 1. The normalized spacial score (nSPS) is 27.9. The molecule has 0 radical (unpaired) electrons. The zero-order valence-corrected chi connectivity index (χ0v) is 10.5. The Morgan fingerprint density at radius 1 is 1.39 bits per heavy atom. The van der Waals surface area contributed by atoms with Gasteiger partial charge in [0.25, 0.3) is 0 Å². The molecule has 9 heteroatoms. The number of aliphatic hydroxyl groups is 3. The number of ether oxygens (including phenoxy) is 1. The van der Waals surface area contributed by atoms with E-state index in [9.17, 15) is 18.3 Å². The lowest BCUT2D eigenvalue weighted by Gasteiger charge is -2.23. The third-order valence-corrected chi connectivity index (χ3v) is 4.28. The number of hydrogen-bond acceptors (Lipinski definition) is 8. The van der Waals surface area contributed by atoms with Gasteiger partial charge in [-0.3, -0.25) is 10.1 Å². The van der Waals surface area contributed by atoms with E-state index in [4.69, 9.17) is 14.9 Å². The third kappa shape index (κ3) is 3.97. The van der Waals surface area contributed by atoms with Crippen molar-refractivity contribution in [1.82, 2.24) is 5.32 Å². The molecule has 0 amide bonds. The molecule has 0 bridgehead atoms. The van der Waals surface area contributed by atoms with Crippen molar-refractivity contribution in [3.05, 3.63) is 0 Å². The SMILES string of the molecule is O=CC1(CS(=O)(=O)CC(O)C(O)CO)NCCO1. The predicted octanol–water partition coefficient (Wildman–Crippen LogP) is -3.37. The van der Waals surface area contributed by atoms with Crippen LogP contribution in [0.4, 0.5) is 0 Å². The molecule has 1 rings (SSSR count). The van der Waals surface area contributed by atoms with E-state index in [2.05, 4.69) is 5.32 Å². The van der Waals surface area contributed by atoms with Crippen LogP contribution in [0, 0.1) is 0 Å². The highest BCUT2D eigenvalue weighted by molar-refractivity contribution is 7.91. The molecule has 18 heavy (non-hydrogen) atoms. The van der Waals surface area contributed by atoms with Gasteiger partial charge in [-0.2, -0.15) is 0 Å². The number of nitrogens with one attached hydrogen (secondary N) is 1. The average molecular weight is 283 g/mol. The summed E-state index contributed by atoms with van der Waals surface area (Å²) in [6, 6.07) is 0. The van der Waals surface area contributed by atoms with E-state index >= 15 is 0 Å². The minimum atomic E-state index is -3.83. The number of carbonyl (C=O) groups excluding carboxylic acids is 1. The topological polar surface area (TPSA) is 133 Å². The van der Waals surface area contributed by atoms with Gasteiger partial charge in [0, 0.05) is 6.54 Å². The molecule has 0 aromatic heterocycles. The molecule has 0 aliphatic carbocycles. The Bertz CT molecular complexity index is 376. The highest BCUT2D eigenvalue weighted by atomic mass is 32.2. The summed E-state index contributed by atoms with van der Waals surface area (Å²) in [5.41, 5.74) is -1.58. The molecule has 8 nitrogen and oxygen atoms in total. The molecule has 1 fully saturated rings. The van der Waals surface area contributed by atoms with Gasteiger partial charge in [0.05, 0.1) is 25.1 Å². The molecule has 0 aromatic carbocycles. The second kappa shape index (κ2) is 6.04. The molecule has 0 spiro atoms. The Kier molecular flexibility index (Phi) is 5.20. The molecule has 0 aromatic rings. The van der Waals surface area contributed by atoms with Gasteiger partial charge in [0.1, 0.15) is 11.9 Å². The fraction of sp³-hybridized carbons (Fsp3) is 0.889. The van der Waals surface area contributed by atoms with Crippen molar-refractivity contribution < 1.29 is 33.3 Å². The van der Waals surface area contributed by atoms with E-state index in [-0.39, 0.29) is 6.61 Å². The minimum Gasteiger partial charge on any atom is -0.394 e. The van der Waals surface area contributed by atoms with E-state index in [1.54, 1.807) is 0 Å². The van der Waals surface area contributed by atoms with Crippen molar-refractivity contribution in [2.45, 2.75) is 17.9 Å². The highest BCUT2D eigenvalue weighted by Gasteiger charge is 2.40. The van der Waals surface area contributed by atoms with Crippen molar-refractivity contribution in [3.8, 4) is 0 Å². The van der Waals surface area contributed by atoms with Crippen LogP contribution in [-0.2, 0) is 19.4 Å². The fourth-order valence-electron chi connectivity index (χ4n) is 1.63. The molecule has 3 atom stereocenters. The Labute approximate surface area is 104 Å². The highest BCUT2D eigenvalue weighted by Crippen LogP contribution is 2.14. The summed E-state index contributed by atoms with van der Waals surface area (Å²) in [7, 11) is -3.83. The lowest BCUT2D eigenvalue weighted by molar-refractivity contribution is -0.125. The summed E-state index contributed by atoms with van der Waals surface area (Å²) < 4.78 is 28.5. The van der Waals surface area contributed by atoms with Crippen LogP contribution in [0.3, 0.4) is 0 Å². The largest absolute Gasteiger partial charge is 0.394 e. The van der Waals surface area contributed by atoms with Gasteiger partial charge >= 0.3 is 0 Å². The van der Waals surface area contributed by atoms with E-state index in [0.29, 0.717) is 12.8 Å². The van der Waals surface area contributed by atoms with Crippen molar-refractivity contribution in [3.63, 3.8) is 0 Å². The van der Waals surface area contributed by atoms with Crippen molar-refractivity contribution in [2.24, 2.45) is 0 Å². The Balaban J connectivity index is 2.67. The van der Waals surface area contributed by atoms with Gasteiger partial charge in [-0.1, -0.05) is 0 Å².